The Morgan fingerprint density at radius 2 is 2.20 bits per heavy atom. The van der Waals surface area contributed by atoms with Gasteiger partial charge in [0.15, 0.2) is 5.13 Å². The second-order valence-corrected chi connectivity index (χ2v) is 4.79. The van der Waals surface area contributed by atoms with Crippen molar-refractivity contribution < 1.29 is 4.39 Å². The molecule has 2 rings (SSSR count). The first-order valence-electron chi connectivity index (χ1n) is 4.29. The molecule has 2 nitrogen and oxygen atoms in total. The summed E-state index contributed by atoms with van der Waals surface area (Å²) in [5.41, 5.74) is 1.60. The number of hydrogen-bond donors (Lipinski definition) is 1. The highest BCUT2D eigenvalue weighted by Crippen LogP contribution is 2.24. The van der Waals surface area contributed by atoms with E-state index in [4.69, 9.17) is 0 Å². The summed E-state index contributed by atoms with van der Waals surface area (Å²) in [6.07, 6.45) is 0. The van der Waals surface area contributed by atoms with Crippen LogP contribution in [0.1, 0.15) is 5.56 Å². The van der Waals surface area contributed by atoms with Gasteiger partial charge in [0.05, 0.1) is 0 Å². The minimum atomic E-state index is -0.242. The highest BCUT2D eigenvalue weighted by molar-refractivity contribution is 9.10. The predicted octanol–water partition coefficient (Wildman–Crippen LogP) is 4.10. The number of aryl methyl sites for hydroxylation is 1. The van der Waals surface area contributed by atoms with Crippen molar-refractivity contribution in [2.75, 3.05) is 5.32 Å². The number of hydrogen-bond acceptors (Lipinski definition) is 3. The zero-order valence-electron chi connectivity index (χ0n) is 7.92. The van der Waals surface area contributed by atoms with Gasteiger partial charge in [0.25, 0.3) is 0 Å². The molecule has 0 spiro atoms. The summed E-state index contributed by atoms with van der Waals surface area (Å²) in [6.45, 7) is 1.85. The lowest BCUT2D eigenvalue weighted by atomic mass is 10.2. The molecule has 0 aliphatic rings. The lowest BCUT2D eigenvalue weighted by molar-refractivity contribution is 0.627. The maximum Gasteiger partial charge on any atom is 0.188 e. The van der Waals surface area contributed by atoms with E-state index in [1.54, 1.807) is 0 Å². The summed E-state index contributed by atoms with van der Waals surface area (Å²) >= 11 is 4.72. The van der Waals surface area contributed by atoms with E-state index in [-0.39, 0.29) is 5.82 Å². The minimum absolute atomic E-state index is 0.242. The Morgan fingerprint density at radius 1 is 1.40 bits per heavy atom. The number of anilines is 2. The van der Waals surface area contributed by atoms with E-state index in [1.807, 2.05) is 18.4 Å². The van der Waals surface area contributed by atoms with Gasteiger partial charge >= 0.3 is 0 Å². The number of nitrogens with one attached hydrogen (secondary N) is 1. The number of thiazole rings is 1. The standard InChI is InChI=1S/C10H8BrFN2S/c1-6-2-7(12)4-8(3-6)13-10-14-9(11)5-15-10/h2-5H,1H3,(H,13,14). The highest BCUT2D eigenvalue weighted by atomic mass is 79.9. The average molecular weight is 287 g/mol. The maximum absolute atomic E-state index is 13.1. The molecule has 1 aromatic carbocycles. The Hall–Kier alpha value is -0.940. The van der Waals surface area contributed by atoms with Crippen molar-refractivity contribution in [2.45, 2.75) is 6.92 Å². The molecule has 5 heteroatoms. The Bertz CT molecular complexity index is 464. The predicted molar refractivity (Wildman–Crippen MR) is 64.2 cm³/mol. The quantitative estimate of drug-likeness (QED) is 0.899. The number of aromatic nitrogens is 1. The van der Waals surface area contributed by atoms with E-state index in [9.17, 15) is 4.39 Å². The first-order valence-corrected chi connectivity index (χ1v) is 5.96. The molecule has 0 saturated carbocycles. The topological polar surface area (TPSA) is 24.9 Å². The third-order valence-corrected chi connectivity index (χ3v) is 3.24. The molecule has 78 valence electrons. The molecule has 0 amide bonds. The summed E-state index contributed by atoms with van der Waals surface area (Å²) in [5, 5.41) is 5.66. The fourth-order valence-electron chi connectivity index (χ4n) is 1.24. The molecule has 1 aromatic heterocycles. The molecule has 1 heterocycles. The highest BCUT2D eigenvalue weighted by Gasteiger charge is 2.02. The molecule has 0 radical (unpaired) electrons. The van der Waals surface area contributed by atoms with Gasteiger partial charge in [0, 0.05) is 11.1 Å². The van der Waals surface area contributed by atoms with Crippen molar-refractivity contribution >= 4 is 38.1 Å². The van der Waals surface area contributed by atoms with Crippen LogP contribution in [0.15, 0.2) is 28.2 Å². The van der Waals surface area contributed by atoms with E-state index >= 15 is 0 Å². The second kappa shape index (κ2) is 4.28. The molecule has 0 atom stereocenters. The van der Waals surface area contributed by atoms with Gasteiger partial charge in [-0.2, -0.15) is 0 Å². The van der Waals surface area contributed by atoms with E-state index in [0.29, 0.717) is 5.69 Å². The van der Waals surface area contributed by atoms with Gasteiger partial charge in [-0.25, -0.2) is 9.37 Å². The molecule has 0 bridgehead atoms. The molecule has 1 N–H and O–H groups in total. The molecule has 2 aromatic rings. The summed E-state index contributed by atoms with van der Waals surface area (Å²) in [6, 6.07) is 4.81. The second-order valence-electron chi connectivity index (χ2n) is 3.12. The van der Waals surface area contributed by atoms with Crippen molar-refractivity contribution in [3.63, 3.8) is 0 Å². The molecule has 0 saturated heterocycles. The van der Waals surface area contributed by atoms with Gasteiger partial charge in [-0.3, -0.25) is 0 Å². The third kappa shape index (κ3) is 2.76. The summed E-state index contributed by atoms with van der Waals surface area (Å²) in [5.74, 6) is -0.242. The van der Waals surface area contributed by atoms with Crippen LogP contribution in [0.25, 0.3) is 0 Å². The summed E-state index contributed by atoms with van der Waals surface area (Å²) in [4.78, 5) is 4.17. The van der Waals surface area contributed by atoms with Crippen LogP contribution >= 0.6 is 27.3 Å². The van der Waals surface area contributed by atoms with Gasteiger partial charge in [0.1, 0.15) is 10.4 Å². The number of benzene rings is 1. The van der Waals surface area contributed by atoms with Crippen LogP contribution in [-0.4, -0.2) is 4.98 Å². The van der Waals surface area contributed by atoms with Crippen LogP contribution in [0, 0.1) is 12.7 Å². The first kappa shape index (κ1) is 10.6. The normalized spacial score (nSPS) is 10.3. The van der Waals surface area contributed by atoms with Gasteiger partial charge in [-0.05, 0) is 46.6 Å². The van der Waals surface area contributed by atoms with Crippen molar-refractivity contribution in [2.24, 2.45) is 0 Å². The fraction of sp³-hybridized carbons (Fsp3) is 0.100. The Morgan fingerprint density at radius 3 is 2.80 bits per heavy atom. The molecule has 15 heavy (non-hydrogen) atoms. The molecule has 0 aliphatic carbocycles. The van der Waals surface area contributed by atoms with Gasteiger partial charge in [0.2, 0.25) is 0 Å². The zero-order valence-corrected chi connectivity index (χ0v) is 10.3. The SMILES string of the molecule is Cc1cc(F)cc(Nc2nc(Br)cs2)c1. The van der Waals surface area contributed by atoms with Crippen LogP contribution in [0.5, 0.6) is 0 Å². The zero-order chi connectivity index (χ0) is 10.8. The van der Waals surface area contributed by atoms with Gasteiger partial charge < -0.3 is 5.32 Å². The Labute approximate surface area is 99.3 Å². The van der Waals surface area contributed by atoms with Crippen LogP contribution in [0.3, 0.4) is 0 Å². The summed E-state index contributed by atoms with van der Waals surface area (Å²) < 4.78 is 13.9. The molecule has 0 aliphatic heterocycles. The monoisotopic (exact) mass is 286 g/mol. The van der Waals surface area contributed by atoms with Gasteiger partial charge in [-0.15, -0.1) is 11.3 Å². The third-order valence-electron chi connectivity index (χ3n) is 1.77. The smallest absolute Gasteiger partial charge is 0.188 e. The van der Waals surface area contributed by atoms with E-state index < -0.39 is 0 Å². The molecule has 0 unspecified atom stereocenters. The number of halogens is 2. The van der Waals surface area contributed by atoms with Crippen molar-refractivity contribution in [1.82, 2.24) is 4.98 Å². The Kier molecular flexibility index (Phi) is 3.02. The van der Waals surface area contributed by atoms with Crippen molar-refractivity contribution in [3.05, 3.63) is 39.6 Å². The largest absolute Gasteiger partial charge is 0.331 e. The van der Waals surface area contributed by atoms with E-state index in [1.165, 1.54) is 23.5 Å². The fourth-order valence-corrected chi connectivity index (χ4v) is 2.41. The maximum atomic E-state index is 13.1. The van der Waals surface area contributed by atoms with Gasteiger partial charge in [-0.1, -0.05) is 0 Å². The van der Waals surface area contributed by atoms with Crippen LogP contribution < -0.4 is 5.32 Å². The summed E-state index contributed by atoms with van der Waals surface area (Å²) in [7, 11) is 0. The lowest BCUT2D eigenvalue weighted by Crippen LogP contribution is -1.91. The van der Waals surface area contributed by atoms with E-state index in [2.05, 4.69) is 26.2 Å². The lowest BCUT2D eigenvalue weighted by Gasteiger charge is -2.03. The molecular formula is C10H8BrFN2S. The minimum Gasteiger partial charge on any atom is -0.331 e. The van der Waals surface area contributed by atoms with E-state index in [0.717, 1.165) is 15.3 Å². The van der Waals surface area contributed by atoms with Crippen molar-refractivity contribution in [1.29, 1.82) is 0 Å². The first-order chi connectivity index (χ1) is 7.13. The van der Waals surface area contributed by atoms with Crippen LogP contribution in [0.2, 0.25) is 0 Å². The molecule has 0 fully saturated rings. The van der Waals surface area contributed by atoms with Crippen LogP contribution in [0.4, 0.5) is 15.2 Å². The van der Waals surface area contributed by atoms with Crippen molar-refractivity contribution in [3.8, 4) is 0 Å². The number of nitrogens with zero attached hydrogens (tertiary/aromatic N) is 1. The molecular weight excluding hydrogens is 279 g/mol. The number of rotatable bonds is 2. The average Bonchev–Trinajstić information content (AvgIpc) is 2.49. The Balaban J connectivity index is 2.24. The van der Waals surface area contributed by atoms with Crippen LogP contribution in [-0.2, 0) is 0 Å².